The van der Waals surface area contributed by atoms with Crippen LogP contribution in [-0.4, -0.2) is 53.3 Å². The third-order valence-corrected chi connectivity index (χ3v) is 3.55. The molecular weight excluding hydrogens is 228 g/mol. The zero-order valence-electron chi connectivity index (χ0n) is 11.6. The minimum atomic E-state index is 0.295. The van der Waals surface area contributed by atoms with Gasteiger partial charge in [-0.15, -0.1) is 5.10 Å². The lowest BCUT2D eigenvalue weighted by Gasteiger charge is -2.32. The summed E-state index contributed by atoms with van der Waals surface area (Å²) in [5.41, 5.74) is 5.95. The fraction of sp³-hybridized carbons (Fsp3) is 0.833. The molecular formula is C12H24N6. The minimum Gasteiger partial charge on any atom is -0.340 e. The van der Waals surface area contributed by atoms with E-state index in [4.69, 9.17) is 5.73 Å². The van der Waals surface area contributed by atoms with Crippen LogP contribution in [0, 0.1) is 5.92 Å². The number of nitrogens with zero attached hydrogens (tertiary/aromatic N) is 4. The van der Waals surface area contributed by atoms with E-state index in [-0.39, 0.29) is 0 Å². The number of H-pyrrole nitrogens is 1. The third kappa shape index (κ3) is 3.20. The van der Waals surface area contributed by atoms with Gasteiger partial charge in [-0.25, -0.2) is 0 Å². The molecule has 2 rings (SSSR count). The van der Waals surface area contributed by atoms with Gasteiger partial charge in [0.15, 0.2) is 0 Å². The Morgan fingerprint density at radius 1 is 1.44 bits per heavy atom. The van der Waals surface area contributed by atoms with Crippen molar-refractivity contribution in [3.8, 4) is 0 Å². The molecule has 0 spiro atoms. The first-order valence-corrected chi connectivity index (χ1v) is 6.63. The summed E-state index contributed by atoms with van der Waals surface area (Å²) in [6.07, 6.45) is 2.27. The number of hydrogen-bond acceptors (Lipinski definition) is 5. The van der Waals surface area contributed by atoms with Crippen LogP contribution in [0.4, 0.5) is 5.95 Å². The molecule has 3 N–H and O–H groups in total. The third-order valence-electron chi connectivity index (χ3n) is 3.55. The molecule has 1 aliphatic heterocycles. The van der Waals surface area contributed by atoms with Crippen LogP contribution in [0.15, 0.2) is 0 Å². The van der Waals surface area contributed by atoms with E-state index in [0.717, 1.165) is 44.2 Å². The molecule has 18 heavy (non-hydrogen) atoms. The zero-order valence-corrected chi connectivity index (χ0v) is 11.6. The van der Waals surface area contributed by atoms with E-state index in [0.29, 0.717) is 12.0 Å². The molecule has 1 aromatic rings. The first kappa shape index (κ1) is 13.3. The van der Waals surface area contributed by atoms with Crippen molar-refractivity contribution in [2.24, 2.45) is 11.7 Å². The topological polar surface area (TPSA) is 74.1 Å². The summed E-state index contributed by atoms with van der Waals surface area (Å²) in [7, 11) is 4.05. The van der Waals surface area contributed by atoms with Crippen LogP contribution in [0.1, 0.15) is 25.6 Å². The number of aromatic amines is 1. The predicted octanol–water partition coefficient (Wildman–Crippen LogP) is 0.430. The second-order valence-electron chi connectivity index (χ2n) is 5.50. The Hall–Kier alpha value is -1.14. The van der Waals surface area contributed by atoms with E-state index >= 15 is 0 Å². The van der Waals surface area contributed by atoms with Crippen LogP contribution in [0.5, 0.6) is 0 Å². The van der Waals surface area contributed by atoms with Crippen molar-refractivity contribution in [1.82, 2.24) is 20.1 Å². The molecule has 1 atom stereocenters. The summed E-state index contributed by atoms with van der Waals surface area (Å²) in [5.74, 6) is 2.39. The van der Waals surface area contributed by atoms with Gasteiger partial charge in [-0.1, -0.05) is 0 Å². The lowest BCUT2D eigenvalue weighted by molar-refractivity contribution is 0.352. The highest BCUT2D eigenvalue weighted by molar-refractivity contribution is 5.29. The van der Waals surface area contributed by atoms with Gasteiger partial charge in [-0.2, -0.15) is 4.98 Å². The number of nitrogens with one attached hydrogen (secondary N) is 1. The van der Waals surface area contributed by atoms with Gasteiger partial charge in [-0.3, -0.25) is 5.10 Å². The van der Waals surface area contributed by atoms with Gasteiger partial charge in [-0.05, 0) is 39.8 Å². The Balaban J connectivity index is 1.91. The average molecular weight is 252 g/mol. The molecule has 6 heteroatoms. The van der Waals surface area contributed by atoms with Crippen molar-refractivity contribution >= 4 is 5.95 Å². The molecule has 6 nitrogen and oxygen atoms in total. The Bertz CT molecular complexity index is 364. The number of aromatic nitrogens is 3. The number of anilines is 1. The summed E-state index contributed by atoms with van der Waals surface area (Å²) in [4.78, 5) is 8.85. The Morgan fingerprint density at radius 3 is 2.67 bits per heavy atom. The first-order valence-electron chi connectivity index (χ1n) is 6.63. The second-order valence-corrected chi connectivity index (χ2v) is 5.50. The molecule has 1 aliphatic rings. The zero-order chi connectivity index (χ0) is 13.1. The smallest absolute Gasteiger partial charge is 0.244 e. The van der Waals surface area contributed by atoms with Crippen LogP contribution in [0.25, 0.3) is 0 Å². The molecule has 0 saturated carbocycles. The van der Waals surface area contributed by atoms with Crippen molar-refractivity contribution in [2.45, 2.75) is 32.4 Å². The molecule has 0 bridgehead atoms. The van der Waals surface area contributed by atoms with Gasteiger partial charge in [0.05, 0.1) is 6.54 Å². The molecule has 2 heterocycles. The van der Waals surface area contributed by atoms with E-state index in [1.165, 1.54) is 0 Å². The Labute approximate surface area is 109 Å². The lowest BCUT2D eigenvalue weighted by atomic mass is 9.91. The van der Waals surface area contributed by atoms with Gasteiger partial charge < -0.3 is 15.5 Å². The molecule has 1 unspecified atom stereocenters. The average Bonchev–Trinajstić information content (AvgIpc) is 2.76. The molecule has 0 radical (unpaired) electrons. The summed E-state index contributed by atoms with van der Waals surface area (Å²) in [6, 6.07) is 0.295. The van der Waals surface area contributed by atoms with E-state index in [9.17, 15) is 0 Å². The molecule has 102 valence electrons. The van der Waals surface area contributed by atoms with Gasteiger partial charge in [0.25, 0.3) is 0 Å². The van der Waals surface area contributed by atoms with E-state index in [1.807, 2.05) is 14.1 Å². The number of rotatable bonds is 4. The fourth-order valence-corrected chi connectivity index (χ4v) is 2.42. The highest BCUT2D eigenvalue weighted by atomic mass is 15.4. The summed E-state index contributed by atoms with van der Waals surface area (Å²) < 4.78 is 0. The van der Waals surface area contributed by atoms with E-state index in [1.54, 1.807) is 0 Å². The highest BCUT2D eigenvalue weighted by Crippen LogP contribution is 2.22. The number of hydrogen-bond donors (Lipinski definition) is 2. The monoisotopic (exact) mass is 252 g/mol. The van der Waals surface area contributed by atoms with Gasteiger partial charge in [0, 0.05) is 19.1 Å². The maximum Gasteiger partial charge on any atom is 0.244 e. The Morgan fingerprint density at radius 2 is 2.11 bits per heavy atom. The van der Waals surface area contributed by atoms with Crippen LogP contribution >= 0.6 is 0 Å². The van der Waals surface area contributed by atoms with Crippen LogP contribution in [-0.2, 0) is 6.54 Å². The maximum absolute atomic E-state index is 5.95. The van der Waals surface area contributed by atoms with E-state index < -0.39 is 0 Å². The van der Waals surface area contributed by atoms with Crippen molar-refractivity contribution in [1.29, 1.82) is 0 Å². The van der Waals surface area contributed by atoms with Crippen LogP contribution in [0.3, 0.4) is 0 Å². The molecule has 0 amide bonds. The highest BCUT2D eigenvalue weighted by Gasteiger charge is 2.23. The Kier molecular flexibility index (Phi) is 4.19. The van der Waals surface area contributed by atoms with Gasteiger partial charge in [0.1, 0.15) is 5.82 Å². The standard InChI is InChI=1S/C12H24N6/c1-9(13)10-4-6-18(7-5-10)12-14-11(15-16-12)8-17(2)3/h9-10H,4-8,13H2,1-3H3,(H,14,15,16). The lowest BCUT2D eigenvalue weighted by Crippen LogP contribution is -2.40. The molecule has 1 fully saturated rings. The summed E-state index contributed by atoms with van der Waals surface area (Å²) >= 11 is 0. The number of nitrogens with two attached hydrogens (primary N) is 1. The van der Waals surface area contributed by atoms with Crippen molar-refractivity contribution in [3.05, 3.63) is 5.82 Å². The second kappa shape index (κ2) is 5.67. The normalized spacial score (nSPS) is 19.5. The minimum absolute atomic E-state index is 0.295. The first-order chi connectivity index (χ1) is 8.56. The fourth-order valence-electron chi connectivity index (χ4n) is 2.42. The van der Waals surface area contributed by atoms with Crippen molar-refractivity contribution in [2.75, 3.05) is 32.1 Å². The molecule has 0 aromatic carbocycles. The molecule has 1 saturated heterocycles. The molecule has 1 aromatic heterocycles. The van der Waals surface area contributed by atoms with E-state index in [2.05, 4.69) is 31.9 Å². The van der Waals surface area contributed by atoms with Gasteiger partial charge in [0.2, 0.25) is 5.95 Å². The largest absolute Gasteiger partial charge is 0.340 e. The quantitative estimate of drug-likeness (QED) is 0.813. The molecule has 0 aliphatic carbocycles. The van der Waals surface area contributed by atoms with Gasteiger partial charge >= 0.3 is 0 Å². The summed E-state index contributed by atoms with van der Waals surface area (Å²) in [5, 5.41) is 7.29. The van der Waals surface area contributed by atoms with Crippen molar-refractivity contribution < 1.29 is 0 Å². The maximum atomic E-state index is 5.95. The SMILES string of the molecule is CC(N)C1CCN(c2n[nH]c(CN(C)C)n2)CC1. The number of piperidine rings is 1. The van der Waals surface area contributed by atoms with Crippen LogP contribution in [0.2, 0.25) is 0 Å². The predicted molar refractivity (Wildman–Crippen MR) is 72.4 cm³/mol. The van der Waals surface area contributed by atoms with Crippen molar-refractivity contribution in [3.63, 3.8) is 0 Å². The van der Waals surface area contributed by atoms with Crippen LogP contribution < -0.4 is 10.6 Å². The summed E-state index contributed by atoms with van der Waals surface area (Å²) in [6.45, 7) is 4.91.